The molecule has 0 saturated carbocycles. The molecule has 0 unspecified atom stereocenters. The van der Waals surface area contributed by atoms with Crippen LogP contribution in [0.2, 0.25) is 0 Å². The number of nitrogens with zero attached hydrogens (tertiary/aromatic N) is 3. The number of hydrogen-bond acceptors (Lipinski definition) is 6. The lowest BCUT2D eigenvalue weighted by Gasteiger charge is -2.20. The van der Waals surface area contributed by atoms with Gasteiger partial charge in [0.15, 0.2) is 5.82 Å². The zero-order chi connectivity index (χ0) is 17.6. The highest BCUT2D eigenvalue weighted by Gasteiger charge is 2.18. The Morgan fingerprint density at radius 1 is 1.08 bits per heavy atom. The van der Waals surface area contributed by atoms with Gasteiger partial charge in [-0.25, -0.2) is 9.97 Å². The zero-order valence-corrected chi connectivity index (χ0v) is 14.5. The molecular weight excluding hydrogens is 326 g/mol. The van der Waals surface area contributed by atoms with E-state index in [1.54, 1.807) is 12.4 Å². The van der Waals surface area contributed by atoms with Crippen LogP contribution >= 0.6 is 0 Å². The van der Waals surface area contributed by atoms with Gasteiger partial charge in [0.05, 0.1) is 12.2 Å². The molecule has 26 heavy (non-hydrogen) atoms. The maximum atomic E-state index is 5.76. The van der Waals surface area contributed by atoms with E-state index >= 15 is 0 Å². The van der Waals surface area contributed by atoms with Gasteiger partial charge in [0.25, 0.3) is 0 Å². The molecule has 1 aromatic carbocycles. The van der Waals surface area contributed by atoms with Gasteiger partial charge in [-0.05, 0) is 37.2 Å². The quantitative estimate of drug-likeness (QED) is 0.668. The first-order valence-electron chi connectivity index (χ1n) is 8.83. The molecule has 1 aliphatic heterocycles. The Morgan fingerprint density at radius 2 is 2.00 bits per heavy atom. The molecule has 0 amide bonds. The van der Waals surface area contributed by atoms with Crippen LogP contribution in [0.5, 0.6) is 5.75 Å². The lowest BCUT2D eigenvalue weighted by Crippen LogP contribution is -2.27. The standard InChI is InChI=1S/C20H21N5O/c1-2-6-16(7-3-1)26-12-11-23-20-17-8-10-22-14-18(17)24-19(25-20)15-5-4-9-21-13-15/h1-7,9,13,22H,8,10-12,14H2,(H,23,24,25). The van der Waals surface area contributed by atoms with E-state index in [2.05, 4.69) is 15.6 Å². The van der Waals surface area contributed by atoms with E-state index in [0.717, 1.165) is 42.3 Å². The summed E-state index contributed by atoms with van der Waals surface area (Å²) in [5.41, 5.74) is 3.16. The van der Waals surface area contributed by atoms with E-state index in [0.29, 0.717) is 19.0 Å². The second kappa shape index (κ2) is 7.93. The first-order chi connectivity index (χ1) is 12.9. The number of para-hydroxylation sites is 1. The van der Waals surface area contributed by atoms with Gasteiger partial charge in [-0.2, -0.15) is 0 Å². The summed E-state index contributed by atoms with van der Waals surface area (Å²) in [5, 5.41) is 6.81. The third kappa shape index (κ3) is 3.81. The van der Waals surface area contributed by atoms with Crippen molar-refractivity contribution in [2.75, 3.05) is 25.0 Å². The van der Waals surface area contributed by atoms with Crippen molar-refractivity contribution in [3.63, 3.8) is 0 Å². The third-order valence-electron chi connectivity index (χ3n) is 4.26. The minimum atomic E-state index is 0.573. The molecule has 3 aromatic rings. The van der Waals surface area contributed by atoms with Crippen LogP contribution in [0.1, 0.15) is 11.3 Å². The van der Waals surface area contributed by atoms with Gasteiger partial charge in [0.1, 0.15) is 18.2 Å². The molecular formula is C20H21N5O. The van der Waals surface area contributed by atoms with Gasteiger partial charge < -0.3 is 15.4 Å². The van der Waals surface area contributed by atoms with Crippen molar-refractivity contribution in [1.82, 2.24) is 20.3 Å². The topological polar surface area (TPSA) is 72.0 Å². The highest BCUT2D eigenvalue weighted by atomic mass is 16.5. The molecule has 0 spiro atoms. The van der Waals surface area contributed by atoms with Crippen molar-refractivity contribution in [3.05, 3.63) is 66.1 Å². The maximum Gasteiger partial charge on any atom is 0.163 e. The van der Waals surface area contributed by atoms with Crippen molar-refractivity contribution >= 4 is 5.82 Å². The summed E-state index contributed by atoms with van der Waals surface area (Å²) in [6.45, 7) is 2.96. The molecule has 0 aliphatic carbocycles. The van der Waals surface area contributed by atoms with E-state index in [9.17, 15) is 0 Å². The summed E-state index contributed by atoms with van der Waals surface area (Å²) in [4.78, 5) is 13.7. The average Bonchev–Trinajstić information content (AvgIpc) is 2.72. The molecule has 0 fully saturated rings. The van der Waals surface area contributed by atoms with Crippen LogP contribution < -0.4 is 15.4 Å². The van der Waals surface area contributed by atoms with Gasteiger partial charge in [-0.15, -0.1) is 0 Å². The van der Waals surface area contributed by atoms with Crippen molar-refractivity contribution in [2.24, 2.45) is 0 Å². The summed E-state index contributed by atoms with van der Waals surface area (Å²) < 4.78 is 5.76. The van der Waals surface area contributed by atoms with E-state index in [-0.39, 0.29) is 0 Å². The fraction of sp³-hybridized carbons (Fsp3) is 0.250. The minimum Gasteiger partial charge on any atom is -0.492 e. The molecule has 0 bridgehead atoms. The van der Waals surface area contributed by atoms with Gasteiger partial charge in [0.2, 0.25) is 0 Å². The van der Waals surface area contributed by atoms with E-state index < -0.39 is 0 Å². The normalized spacial score (nSPS) is 13.1. The average molecular weight is 347 g/mol. The monoisotopic (exact) mass is 347 g/mol. The molecule has 1 aliphatic rings. The molecule has 3 heterocycles. The number of hydrogen-bond donors (Lipinski definition) is 2. The summed E-state index contributed by atoms with van der Waals surface area (Å²) >= 11 is 0. The fourth-order valence-corrected chi connectivity index (χ4v) is 2.98. The maximum absolute atomic E-state index is 5.76. The van der Waals surface area contributed by atoms with Crippen molar-refractivity contribution in [2.45, 2.75) is 13.0 Å². The summed E-state index contributed by atoms with van der Waals surface area (Å²) in [6, 6.07) is 13.7. The minimum absolute atomic E-state index is 0.573. The molecule has 0 saturated heterocycles. The Kier molecular flexibility index (Phi) is 5.02. The number of benzene rings is 1. The highest BCUT2D eigenvalue weighted by Crippen LogP contribution is 2.24. The lowest BCUT2D eigenvalue weighted by atomic mass is 10.1. The molecule has 6 nitrogen and oxygen atoms in total. The Bertz CT molecular complexity index is 855. The van der Waals surface area contributed by atoms with Crippen LogP contribution in [0.25, 0.3) is 11.4 Å². The Hall–Kier alpha value is -2.99. The van der Waals surface area contributed by atoms with Gasteiger partial charge >= 0.3 is 0 Å². The van der Waals surface area contributed by atoms with Crippen LogP contribution in [0.3, 0.4) is 0 Å². The van der Waals surface area contributed by atoms with E-state index in [1.165, 1.54) is 5.56 Å². The van der Waals surface area contributed by atoms with E-state index in [1.807, 2.05) is 42.5 Å². The summed E-state index contributed by atoms with van der Waals surface area (Å²) in [5.74, 6) is 2.47. The number of aromatic nitrogens is 3. The molecule has 2 N–H and O–H groups in total. The van der Waals surface area contributed by atoms with Crippen molar-refractivity contribution in [1.29, 1.82) is 0 Å². The van der Waals surface area contributed by atoms with Crippen molar-refractivity contribution in [3.8, 4) is 17.1 Å². The molecule has 132 valence electrons. The SMILES string of the molecule is c1ccc(OCCNc2nc(-c3cccnc3)nc3c2CCNC3)cc1. The third-order valence-corrected chi connectivity index (χ3v) is 4.26. The Balaban J connectivity index is 1.50. The largest absolute Gasteiger partial charge is 0.492 e. The zero-order valence-electron chi connectivity index (χ0n) is 14.5. The highest BCUT2D eigenvalue weighted by molar-refractivity contribution is 5.59. The number of pyridine rings is 1. The van der Waals surface area contributed by atoms with E-state index in [4.69, 9.17) is 14.7 Å². The van der Waals surface area contributed by atoms with Crippen LogP contribution in [0.4, 0.5) is 5.82 Å². The number of anilines is 1. The number of ether oxygens (including phenoxy) is 1. The van der Waals surface area contributed by atoms with Crippen LogP contribution in [-0.2, 0) is 13.0 Å². The van der Waals surface area contributed by atoms with Crippen molar-refractivity contribution < 1.29 is 4.74 Å². The number of fused-ring (bicyclic) bond motifs is 1. The Labute approximate surface area is 152 Å². The number of nitrogens with one attached hydrogen (secondary N) is 2. The van der Waals surface area contributed by atoms with Crippen LogP contribution in [0.15, 0.2) is 54.9 Å². The first-order valence-corrected chi connectivity index (χ1v) is 8.83. The molecule has 0 radical (unpaired) electrons. The van der Waals surface area contributed by atoms with Gasteiger partial charge in [0, 0.05) is 30.1 Å². The second-order valence-electron chi connectivity index (χ2n) is 6.08. The van der Waals surface area contributed by atoms with Gasteiger partial charge in [-0.1, -0.05) is 18.2 Å². The lowest BCUT2D eigenvalue weighted by molar-refractivity contribution is 0.332. The summed E-state index contributed by atoms with van der Waals surface area (Å²) in [7, 11) is 0. The smallest absolute Gasteiger partial charge is 0.163 e. The van der Waals surface area contributed by atoms with Crippen LogP contribution in [-0.4, -0.2) is 34.6 Å². The fourth-order valence-electron chi connectivity index (χ4n) is 2.98. The first kappa shape index (κ1) is 16.5. The molecule has 6 heteroatoms. The van der Waals surface area contributed by atoms with Gasteiger partial charge in [-0.3, -0.25) is 4.98 Å². The predicted octanol–water partition coefficient (Wildman–Crippen LogP) is 2.68. The second-order valence-corrected chi connectivity index (χ2v) is 6.08. The predicted molar refractivity (Wildman–Crippen MR) is 101 cm³/mol. The molecule has 2 aromatic heterocycles. The Morgan fingerprint density at radius 3 is 2.85 bits per heavy atom. The summed E-state index contributed by atoms with van der Waals surface area (Å²) in [6.07, 6.45) is 4.47. The van der Waals surface area contributed by atoms with Crippen LogP contribution in [0, 0.1) is 0 Å². The molecule has 0 atom stereocenters. The number of rotatable bonds is 6. The molecule has 4 rings (SSSR count).